The van der Waals surface area contributed by atoms with Crippen molar-refractivity contribution in [2.75, 3.05) is 6.61 Å². The van der Waals surface area contributed by atoms with E-state index in [9.17, 15) is 4.79 Å². The summed E-state index contributed by atoms with van der Waals surface area (Å²) in [6.07, 6.45) is 3.09. The van der Waals surface area contributed by atoms with Gasteiger partial charge < -0.3 is 15.0 Å². The maximum absolute atomic E-state index is 12.3. The van der Waals surface area contributed by atoms with Crippen LogP contribution in [0.5, 0.6) is 0 Å². The maximum Gasteiger partial charge on any atom is 0.271 e. The first-order chi connectivity index (χ1) is 10.1. The van der Waals surface area contributed by atoms with Crippen LogP contribution in [0.4, 0.5) is 0 Å². The van der Waals surface area contributed by atoms with Crippen LogP contribution < -0.4 is 5.32 Å². The quantitative estimate of drug-likeness (QED) is 0.777. The molecular weight excluding hydrogens is 270 g/mol. The first-order valence-electron chi connectivity index (χ1n) is 6.33. The standard InChI is InChI=1S/C14H15N5O2/c1-10(13-18-16-9-19(13)2)17-14(21)12-11(6-4-8-20)5-3-7-15-12/h3,5,7,9-10,20H,8H2,1-2H3,(H,17,21). The van der Waals surface area contributed by atoms with E-state index in [0.29, 0.717) is 11.4 Å². The third kappa shape index (κ3) is 3.43. The number of aliphatic hydroxyl groups is 1. The van der Waals surface area contributed by atoms with Crippen LogP contribution in [0.15, 0.2) is 24.7 Å². The van der Waals surface area contributed by atoms with Gasteiger partial charge in [-0.15, -0.1) is 10.2 Å². The van der Waals surface area contributed by atoms with Crippen molar-refractivity contribution in [2.24, 2.45) is 7.05 Å². The SMILES string of the molecule is CC(NC(=O)c1ncccc1C#CCO)c1nncn1C. The number of aryl methyl sites for hydroxylation is 1. The average molecular weight is 285 g/mol. The molecule has 0 aliphatic rings. The Kier molecular flexibility index (Phi) is 4.64. The minimum absolute atomic E-state index is 0.215. The largest absolute Gasteiger partial charge is 0.384 e. The van der Waals surface area contributed by atoms with Gasteiger partial charge in [-0.25, -0.2) is 4.98 Å². The molecule has 0 radical (unpaired) electrons. The van der Waals surface area contributed by atoms with Crippen molar-refractivity contribution in [2.45, 2.75) is 13.0 Å². The van der Waals surface area contributed by atoms with E-state index in [-0.39, 0.29) is 24.2 Å². The van der Waals surface area contributed by atoms with Gasteiger partial charge in [0.15, 0.2) is 5.82 Å². The zero-order valence-electron chi connectivity index (χ0n) is 11.7. The molecule has 7 heteroatoms. The highest BCUT2D eigenvalue weighted by atomic mass is 16.2. The van der Waals surface area contributed by atoms with Gasteiger partial charge in [-0.2, -0.15) is 0 Å². The molecule has 0 saturated carbocycles. The molecule has 2 rings (SSSR count). The van der Waals surface area contributed by atoms with Gasteiger partial charge in [-0.05, 0) is 19.1 Å². The van der Waals surface area contributed by atoms with Gasteiger partial charge in [-0.3, -0.25) is 4.79 Å². The van der Waals surface area contributed by atoms with Gasteiger partial charge in [0.05, 0.1) is 11.6 Å². The second-order valence-corrected chi connectivity index (χ2v) is 4.35. The maximum atomic E-state index is 12.3. The number of nitrogens with zero attached hydrogens (tertiary/aromatic N) is 4. The Morgan fingerprint density at radius 3 is 3.05 bits per heavy atom. The smallest absolute Gasteiger partial charge is 0.271 e. The van der Waals surface area contributed by atoms with Crippen LogP contribution in [0.25, 0.3) is 0 Å². The molecule has 0 spiro atoms. The van der Waals surface area contributed by atoms with Gasteiger partial charge in [0.25, 0.3) is 5.91 Å². The number of hydrogen-bond acceptors (Lipinski definition) is 5. The number of amides is 1. The number of hydrogen-bond donors (Lipinski definition) is 2. The molecule has 0 saturated heterocycles. The Balaban J connectivity index is 2.19. The van der Waals surface area contributed by atoms with Gasteiger partial charge in [0.1, 0.15) is 18.6 Å². The van der Waals surface area contributed by atoms with Crippen LogP contribution in [0, 0.1) is 11.8 Å². The summed E-state index contributed by atoms with van der Waals surface area (Å²) in [6, 6.07) is 3.05. The topological polar surface area (TPSA) is 92.9 Å². The Labute approximate surface area is 122 Å². The van der Waals surface area contributed by atoms with Gasteiger partial charge in [-0.1, -0.05) is 11.8 Å². The number of aliphatic hydroxyl groups excluding tert-OH is 1. The number of rotatable bonds is 3. The van der Waals surface area contributed by atoms with Crippen LogP contribution in [-0.4, -0.2) is 37.4 Å². The van der Waals surface area contributed by atoms with Crippen molar-refractivity contribution >= 4 is 5.91 Å². The molecule has 1 amide bonds. The summed E-state index contributed by atoms with van der Waals surface area (Å²) in [5, 5.41) is 19.3. The highest BCUT2D eigenvalue weighted by Gasteiger charge is 2.18. The minimum atomic E-state index is -0.353. The summed E-state index contributed by atoms with van der Waals surface area (Å²) in [5.41, 5.74) is 0.682. The molecule has 1 atom stereocenters. The zero-order valence-corrected chi connectivity index (χ0v) is 11.7. The molecule has 0 aliphatic heterocycles. The van der Waals surface area contributed by atoms with Crippen molar-refractivity contribution < 1.29 is 9.90 Å². The van der Waals surface area contributed by atoms with Crippen molar-refractivity contribution in [3.05, 3.63) is 41.7 Å². The molecule has 0 aromatic carbocycles. The van der Waals surface area contributed by atoms with Crippen molar-refractivity contribution in [1.29, 1.82) is 0 Å². The predicted molar refractivity (Wildman–Crippen MR) is 75.1 cm³/mol. The van der Waals surface area contributed by atoms with Gasteiger partial charge in [0, 0.05) is 13.2 Å². The highest BCUT2D eigenvalue weighted by molar-refractivity contribution is 5.94. The first kappa shape index (κ1) is 14.7. The molecule has 108 valence electrons. The fourth-order valence-corrected chi connectivity index (χ4v) is 1.84. The Morgan fingerprint density at radius 1 is 1.57 bits per heavy atom. The Bertz CT molecular complexity index is 699. The molecule has 2 heterocycles. The number of carbonyl (C=O) groups excluding carboxylic acids is 1. The third-order valence-electron chi connectivity index (χ3n) is 2.81. The van der Waals surface area contributed by atoms with E-state index >= 15 is 0 Å². The van der Waals surface area contributed by atoms with Crippen molar-refractivity contribution in [3.8, 4) is 11.8 Å². The van der Waals surface area contributed by atoms with Crippen molar-refractivity contribution in [1.82, 2.24) is 25.1 Å². The second kappa shape index (κ2) is 6.63. The summed E-state index contributed by atoms with van der Waals surface area (Å²) < 4.78 is 1.73. The molecule has 21 heavy (non-hydrogen) atoms. The first-order valence-corrected chi connectivity index (χ1v) is 6.33. The third-order valence-corrected chi connectivity index (χ3v) is 2.81. The Morgan fingerprint density at radius 2 is 2.38 bits per heavy atom. The summed E-state index contributed by atoms with van der Waals surface area (Å²) in [4.78, 5) is 16.3. The molecule has 2 aromatic rings. The fourth-order valence-electron chi connectivity index (χ4n) is 1.84. The molecular formula is C14H15N5O2. The van der Waals surface area contributed by atoms with E-state index in [1.54, 1.807) is 30.1 Å². The molecule has 2 aromatic heterocycles. The van der Waals surface area contributed by atoms with Crippen LogP contribution >= 0.6 is 0 Å². The number of pyridine rings is 1. The summed E-state index contributed by atoms with van der Waals surface area (Å²) in [5.74, 6) is 5.50. The van der Waals surface area contributed by atoms with E-state index < -0.39 is 0 Å². The van der Waals surface area contributed by atoms with Crippen LogP contribution in [0.1, 0.15) is 34.8 Å². The van der Waals surface area contributed by atoms with Crippen LogP contribution in [-0.2, 0) is 7.05 Å². The van der Waals surface area contributed by atoms with E-state index in [0.717, 1.165) is 0 Å². The number of nitrogens with one attached hydrogen (secondary N) is 1. The van der Waals surface area contributed by atoms with E-state index in [1.165, 1.54) is 6.20 Å². The minimum Gasteiger partial charge on any atom is -0.384 e. The van der Waals surface area contributed by atoms with Crippen molar-refractivity contribution in [3.63, 3.8) is 0 Å². The van der Waals surface area contributed by atoms with Crippen LogP contribution in [0.3, 0.4) is 0 Å². The van der Waals surface area contributed by atoms with E-state index in [1.807, 2.05) is 6.92 Å². The molecule has 7 nitrogen and oxygen atoms in total. The fraction of sp³-hybridized carbons (Fsp3) is 0.286. The van der Waals surface area contributed by atoms with Gasteiger partial charge >= 0.3 is 0 Å². The normalized spacial score (nSPS) is 11.4. The molecule has 0 fully saturated rings. The van der Waals surface area contributed by atoms with Crippen LogP contribution in [0.2, 0.25) is 0 Å². The van der Waals surface area contributed by atoms with E-state index in [4.69, 9.17) is 5.11 Å². The molecule has 0 aliphatic carbocycles. The monoisotopic (exact) mass is 285 g/mol. The molecule has 0 bridgehead atoms. The van der Waals surface area contributed by atoms with E-state index in [2.05, 4.69) is 32.3 Å². The molecule has 1 unspecified atom stereocenters. The number of carbonyl (C=O) groups is 1. The predicted octanol–water partition coefficient (Wildman–Crippen LogP) is 0.0449. The summed E-state index contributed by atoms with van der Waals surface area (Å²) >= 11 is 0. The lowest BCUT2D eigenvalue weighted by atomic mass is 10.1. The lowest BCUT2D eigenvalue weighted by Gasteiger charge is -2.13. The molecule has 2 N–H and O–H groups in total. The lowest BCUT2D eigenvalue weighted by Crippen LogP contribution is -2.29. The number of aromatic nitrogens is 4. The highest BCUT2D eigenvalue weighted by Crippen LogP contribution is 2.10. The second-order valence-electron chi connectivity index (χ2n) is 4.35. The zero-order chi connectivity index (χ0) is 15.2. The van der Waals surface area contributed by atoms with Gasteiger partial charge in [0.2, 0.25) is 0 Å². The Hall–Kier alpha value is -2.72. The summed E-state index contributed by atoms with van der Waals surface area (Å²) in [6.45, 7) is 1.54. The summed E-state index contributed by atoms with van der Waals surface area (Å²) in [7, 11) is 1.80. The lowest BCUT2D eigenvalue weighted by molar-refractivity contribution is 0.0932. The average Bonchev–Trinajstić information content (AvgIpc) is 2.91.